The highest BCUT2D eigenvalue weighted by molar-refractivity contribution is 5.86. The smallest absolute Gasteiger partial charge is 0.244 e. The van der Waals surface area contributed by atoms with Crippen LogP contribution in [-0.2, 0) is 4.79 Å². The summed E-state index contributed by atoms with van der Waals surface area (Å²) in [6.07, 6.45) is 7.80. The van der Waals surface area contributed by atoms with E-state index in [1.54, 1.807) is 0 Å². The van der Waals surface area contributed by atoms with Gasteiger partial charge in [0.25, 0.3) is 0 Å². The molecule has 3 nitrogen and oxygen atoms in total. The first-order valence-corrected chi connectivity index (χ1v) is 6.57. The average molecular weight is 232 g/mol. The maximum atomic E-state index is 12.5. The number of rotatable bonds is 1. The van der Waals surface area contributed by atoms with E-state index in [0.29, 0.717) is 5.91 Å². The third-order valence-electron chi connectivity index (χ3n) is 4.24. The molecule has 1 amide bonds. The summed E-state index contributed by atoms with van der Waals surface area (Å²) in [5.41, 5.74) is 4.25. The molecule has 0 spiro atoms. The Morgan fingerprint density at radius 3 is 2.88 bits per heavy atom. The average Bonchev–Trinajstić information content (AvgIpc) is 2.66. The zero-order chi connectivity index (χ0) is 12.0. The van der Waals surface area contributed by atoms with Crippen LogP contribution in [0.3, 0.4) is 0 Å². The highest BCUT2D eigenvalue weighted by Crippen LogP contribution is 2.40. The van der Waals surface area contributed by atoms with E-state index in [1.165, 1.54) is 23.3 Å². The monoisotopic (exact) mass is 232 g/mol. The number of nitrogens with zero attached hydrogens (tertiary/aromatic N) is 2. The van der Waals surface area contributed by atoms with Crippen molar-refractivity contribution in [1.29, 1.82) is 0 Å². The first-order chi connectivity index (χ1) is 8.18. The quantitative estimate of drug-likeness (QED) is 0.689. The standard InChI is InChI=1S/C14H20N2O/c1-15(2)12-7-6-10-4-3-5-11-8-9-16(13(10)11)14(12)17/h5,12H,3-4,6-9H2,1-2H3. The van der Waals surface area contributed by atoms with Crippen LogP contribution < -0.4 is 0 Å². The van der Waals surface area contributed by atoms with E-state index >= 15 is 0 Å². The summed E-state index contributed by atoms with van der Waals surface area (Å²) < 4.78 is 0. The van der Waals surface area contributed by atoms with E-state index < -0.39 is 0 Å². The molecule has 0 saturated carbocycles. The fraction of sp³-hybridized carbons (Fsp3) is 0.643. The zero-order valence-corrected chi connectivity index (χ0v) is 10.7. The number of carbonyl (C=O) groups excluding carboxylic acids is 1. The number of hydrogen-bond acceptors (Lipinski definition) is 2. The summed E-state index contributed by atoms with van der Waals surface area (Å²) in [7, 11) is 4.03. The SMILES string of the molecule is CN(C)C1CCC2=C3C(=CCC2)CCN3C1=O. The molecule has 0 N–H and O–H groups in total. The first-order valence-electron chi connectivity index (χ1n) is 6.57. The Morgan fingerprint density at radius 1 is 1.29 bits per heavy atom. The number of likely N-dealkylation sites (N-methyl/N-ethyl adjacent to an activating group) is 1. The number of carbonyl (C=O) groups is 1. The van der Waals surface area contributed by atoms with Crippen LogP contribution in [0.15, 0.2) is 22.9 Å². The molecule has 0 aromatic rings. The Hall–Kier alpha value is -1.09. The largest absolute Gasteiger partial charge is 0.311 e. The van der Waals surface area contributed by atoms with Gasteiger partial charge in [0, 0.05) is 12.2 Å². The van der Waals surface area contributed by atoms with Crippen LogP contribution in [0.1, 0.15) is 32.1 Å². The fourth-order valence-electron chi connectivity index (χ4n) is 3.35. The number of allylic oxidation sites excluding steroid dienone is 3. The van der Waals surface area contributed by atoms with Crippen molar-refractivity contribution >= 4 is 5.91 Å². The van der Waals surface area contributed by atoms with Gasteiger partial charge in [-0.25, -0.2) is 0 Å². The summed E-state index contributed by atoms with van der Waals surface area (Å²) >= 11 is 0. The molecule has 1 fully saturated rings. The van der Waals surface area contributed by atoms with E-state index in [4.69, 9.17) is 0 Å². The van der Waals surface area contributed by atoms with Gasteiger partial charge in [0.05, 0.1) is 6.04 Å². The van der Waals surface area contributed by atoms with Gasteiger partial charge < -0.3 is 4.90 Å². The van der Waals surface area contributed by atoms with Crippen molar-refractivity contribution in [1.82, 2.24) is 9.80 Å². The van der Waals surface area contributed by atoms with E-state index in [9.17, 15) is 4.79 Å². The highest BCUT2D eigenvalue weighted by Gasteiger charge is 2.38. The van der Waals surface area contributed by atoms with Crippen LogP contribution in [0, 0.1) is 0 Å². The molecule has 17 heavy (non-hydrogen) atoms. The van der Waals surface area contributed by atoms with Crippen LogP contribution in [-0.4, -0.2) is 42.4 Å². The molecular weight excluding hydrogens is 212 g/mol. The van der Waals surface area contributed by atoms with Crippen LogP contribution in [0.2, 0.25) is 0 Å². The van der Waals surface area contributed by atoms with E-state index in [2.05, 4.69) is 15.9 Å². The zero-order valence-electron chi connectivity index (χ0n) is 10.7. The predicted molar refractivity (Wildman–Crippen MR) is 67.4 cm³/mol. The second kappa shape index (κ2) is 3.98. The predicted octanol–water partition coefficient (Wildman–Crippen LogP) is 1.92. The summed E-state index contributed by atoms with van der Waals surface area (Å²) in [5.74, 6) is 0.310. The van der Waals surface area contributed by atoms with Gasteiger partial charge in [-0.1, -0.05) is 6.08 Å². The van der Waals surface area contributed by atoms with Crippen molar-refractivity contribution in [2.24, 2.45) is 0 Å². The topological polar surface area (TPSA) is 23.6 Å². The molecule has 3 heteroatoms. The normalized spacial score (nSPS) is 28.4. The molecule has 0 radical (unpaired) electrons. The van der Waals surface area contributed by atoms with Gasteiger partial charge in [-0.2, -0.15) is 0 Å². The van der Waals surface area contributed by atoms with Crippen LogP contribution in [0.4, 0.5) is 0 Å². The molecule has 0 bridgehead atoms. The fourth-order valence-corrected chi connectivity index (χ4v) is 3.35. The van der Waals surface area contributed by atoms with Crippen molar-refractivity contribution < 1.29 is 4.79 Å². The van der Waals surface area contributed by atoms with Gasteiger partial charge in [-0.3, -0.25) is 9.69 Å². The van der Waals surface area contributed by atoms with Gasteiger partial charge in [0.1, 0.15) is 0 Å². The van der Waals surface area contributed by atoms with Crippen LogP contribution in [0.25, 0.3) is 0 Å². The van der Waals surface area contributed by atoms with Crippen LogP contribution >= 0.6 is 0 Å². The molecule has 0 aromatic heterocycles. The Kier molecular flexibility index (Phi) is 2.58. The number of hydrogen-bond donors (Lipinski definition) is 0. The van der Waals surface area contributed by atoms with Gasteiger partial charge >= 0.3 is 0 Å². The Labute approximate surface area is 103 Å². The molecule has 1 aliphatic carbocycles. The van der Waals surface area contributed by atoms with Crippen molar-refractivity contribution in [3.8, 4) is 0 Å². The molecular formula is C14H20N2O. The van der Waals surface area contributed by atoms with Gasteiger partial charge in [-0.15, -0.1) is 0 Å². The van der Waals surface area contributed by atoms with Gasteiger partial charge in [0.2, 0.25) is 5.91 Å². The molecule has 1 saturated heterocycles. The molecule has 2 aliphatic heterocycles. The molecule has 92 valence electrons. The lowest BCUT2D eigenvalue weighted by Crippen LogP contribution is -2.43. The lowest BCUT2D eigenvalue weighted by atomic mass is 9.93. The molecule has 1 atom stereocenters. The second-order valence-corrected chi connectivity index (χ2v) is 5.48. The van der Waals surface area contributed by atoms with Gasteiger partial charge in [-0.05, 0) is 57.3 Å². The highest BCUT2D eigenvalue weighted by atomic mass is 16.2. The maximum absolute atomic E-state index is 12.5. The number of amides is 1. The minimum absolute atomic E-state index is 0.0694. The molecule has 3 aliphatic rings. The van der Waals surface area contributed by atoms with Crippen molar-refractivity contribution in [3.63, 3.8) is 0 Å². The van der Waals surface area contributed by atoms with Crippen LogP contribution in [0.5, 0.6) is 0 Å². The molecule has 2 heterocycles. The van der Waals surface area contributed by atoms with Crippen molar-refractivity contribution in [2.45, 2.75) is 38.1 Å². The molecule has 1 unspecified atom stereocenters. The van der Waals surface area contributed by atoms with E-state index in [1.807, 2.05) is 14.1 Å². The molecule has 0 aromatic carbocycles. The third-order valence-corrected chi connectivity index (χ3v) is 4.24. The van der Waals surface area contributed by atoms with E-state index in [0.717, 1.165) is 32.2 Å². The maximum Gasteiger partial charge on any atom is 0.244 e. The Morgan fingerprint density at radius 2 is 2.12 bits per heavy atom. The lowest BCUT2D eigenvalue weighted by molar-refractivity contribution is -0.133. The summed E-state index contributed by atoms with van der Waals surface area (Å²) in [5, 5.41) is 0. The van der Waals surface area contributed by atoms with Crippen molar-refractivity contribution in [2.75, 3.05) is 20.6 Å². The summed E-state index contributed by atoms with van der Waals surface area (Å²) in [6.45, 7) is 0.897. The van der Waals surface area contributed by atoms with E-state index in [-0.39, 0.29) is 6.04 Å². The first kappa shape index (κ1) is 11.0. The molecule has 3 rings (SSSR count). The van der Waals surface area contributed by atoms with Gasteiger partial charge in [0.15, 0.2) is 0 Å². The summed E-state index contributed by atoms with van der Waals surface area (Å²) in [4.78, 5) is 16.6. The Balaban J connectivity index is 1.99. The van der Waals surface area contributed by atoms with Crippen molar-refractivity contribution in [3.05, 3.63) is 22.9 Å². The minimum atomic E-state index is 0.0694. The lowest BCUT2D eigenvalue weighted by Gasteiger charge is -2.26. The summed E-state index contributed by atoms with van der Waals surface area (Å²) in [6, 6.07) is 0.0694. The third kappa shape index (κ3) is 1.64. The minimum Gasteiger partial charge on any atom is -0.311 e. The second-order valence-electron chi connectivity index (χ2n) is 5.48. The Bertz CT molecular complexity index is 420.